The van der Waals surface area contributed by atoms with Crippen LogP contribution in [-0.4, -0.2) is 223 Å². The molecule has 4 aliphatic rings. The van der Waals surface area contributed by atoms with Crippen LogP contribution in [0.1, 0.15) is 180 Å². The molecule has 0 aliphatic carbocycles. The fourth-order valence-electron chi connectivity index (χ4n) is 14.7. The lowest BCUT2D eigenvalue weighted by Crippen LogP contribution is -2.56. The molecule has 35 heteroatoms. The molecule has 0 radical (unpaired) electrons. The number of imide groups is 1. The fraction of sp³-hybridized carbons (Fsp3) is 0.625. The van der Waals surface area contributed by atoms with Gasteiger partial charge >= 0.3 is 12.0 Å². The number of amides is 12. The van der Waals surface area contributed by atoms with Crippen LogP contribution in [0.4, 0.5) is 4.79 Å². The van der Waals surface area contributed by atoms with Crippen LogP contribution in [0.15, 0.2) is 47.5 Å². The molecular weight excluding hydrogens is 1510 g/mol. The molecule has 34 nitrogen and oxygen atoms in total. The van der Waals surface area contributed by atoms with Crippen LogP contribution in [0.2, 0.25) is 0 Å². The summed E-state index contributed by atoms with van der Waals surface area (Å²) in [5, 5.41) is 50.4. The van der Waals surface area contributed by atoms with Gasteiger partial charge in [0.25, 0.3) is 0 Å². The first-order valence-electron chi connectivity index (χ1n) is 39.8. The number of aliphatic hydroxyl groups excluding tert-OH is 3. The molecule has 2 unspecified atom stereocenters. The minimum Gasteiger partial charge on any atom is -0.494 e. The van der Waals surface area contributed by atoms with Crippen LogP contribution in [0.3, 0.4) is 0 Å². The Labute approximate surface area is 670 Å². The van der Waals surface area contributed by atoms with Crippen LogP contribution >= 0.6 is 0 Å². The maximum absolute atomic E-state index is 15.2. The van der Waals surface area contributed by atoms with Crippen LogP contribution in [0.5, 0.6) is 5.75 Å². The second-order valence-corrected chi connectivity index (χ2v) is 32.5. The zero-order valence-electron chi connectivity index (χ0n) is 66.4. The van der Waals surface area contributed by atoms with Crippen molar-refractivity contribution in [3.05, 3.63) is 59.2 Å². The van der Waals surface area contributed by atoms with E-state index in [1.807, 2.05) is 13.8 Å². The first-order valence-corrected chi connectivity index (χ1v) is 41.2. The number of carbonyl (C=O) groups excluding carboxylic acids is 16. The van der Waals surface area contributed by atoms with E-state index in [0.717, 1.165) is 11.3 Å². The summed E-state index contributed by atoms with van der Waals surface area (Å²) in [7, 11) is -2.38. The number of hydrogen-bond acceptors (Lipinski definition) is 22. The van der Waals surface area contributed by atoms with Gasteiger partial charge in [0.15, 0.2) is 17.3 Å². The summed E-state index contributed by atoms with van der Waals surface area (Å²) < 4.78 is 27.0. The normalized spacial score (nSPS) is 23.0. The number of aromatic amines is 1. The second-order valence-electron chi connectivity index (χ2n) is 31.1. The standard InChI is InChI=1S/C80H114N12O22S/c1-7-45(4)71-76(108)85-38-67(101)86-60-43-115(112)77-57(31-50(73(105)84-39-68(102)89-71)32-64(98)72(47(6)65(99)41-93)90-75(107)61-36-53(95)40-92(61)79(110)51(33-63(60)97)34-66(81)100)55-25-24-54(37-59(55)88-77)113-28-15-10-8-9-13-19-70(104)114-42-49-22-20-48(21-23-49)30-62(96)58(18-16-26-83-80(82)111)87-74(106)56(44(2)3)35-52(94)17-12-11-14-27-91-69(103)29-46(5)78(91)109/h20-25,37,44-47,50-51,53,56,58,60-61,65,71-72,88,93,95,99H,7-19,26-36,38-43H2,1-6H3,(H2,81,100)(H,84,105)(H,85,108)(H,86,101)(H,87,106)(H,89,102)(H,90,107)(H3,82,83,111)/t45-,46?,47-,50-,51-,53+,56-,58-,60-,61-,65-,71-,72-,115?/m0/s1. The van der Waals surface area contributed by atoms with E-state index in [4.69, 9.17) is 20.9 Å². The van der Waals surface area contributed by atoms with Gasteiger partial charge in [0.1, 0.15) is 35.2 Å². The number of nitrogens with two attached hydrogens (primary N) is 2. The highest BCUT2D eigenvalue weighted by atomic mass is 32.2. The van der Waals surface area contributed by atoms with E-state index in [1.54, 1.807) is 63.2 Å². The molecule has 3 aromatic rings. The Balaban J connectivity index is 0.986. The van der Waals surface area contributed by atoms with Gasteiger partial charge in [0, 0.05) is 113 Å². The molecule has 5 heterocycles. The van der Waals surface area contributed by atoms with Gasteiger partial charge in [-0.3, -0.25) is 81.0 Å². The van der Waals surface area contributed by atoms with E-state index < -0.39 is 218 Å². The predicted octanol–water partition coefficient (Wildman–Crippen LogP) is 1.25. The van der Waals surface area contributed by atoms with Gasteiger partial charge in [-0.25, -0.2) is 4.79 Å². The van der Waals surface area contributed by atoms with Crippen molar-refractivity contribution < 1.29 is 106 Å². The van der Waals surface area contributed by atoms with Gasteiger partial charge in [0.2, 0.25) is 59.1 Å². The van der Waals surface area contributed by atoms with Crippen molar-refractivity contribution in [1.82, 2.24) is 52.0 Å². The summed E-state index contributed by atoms with van der Waals surface area (Å²) in [6.07, 6.45) is 0.0558. The number of carbonyl (C=O) groups is 16. The molecule has 2 saturated heterocycles. The van der Waals surface area contributed by atoms with E-state index in [-0.39, 0.29) is 104 Å². The Morgan fingerprint density at radius 1 is 0.739 bits per heavy atom. The van der Waals surface area contributed by atoms with Crippen molar-refractivity contribution in [3.8, 4) is 5.75 Å². The molecular formula is C80H114N12O22S. The number of nitrogens with one attached hydrogen (secondary N) is 8. The largest absolute Gasteiger partial charge is 0.494 e. The van der Waals surface area contributed by atoms with Crippen molar-refractivity contribution in [3.63, 3.8) is 0 Å². The highest BCUT2D eigenvalue weighted by Crippen LogP contribution is 2.34. The second kappa shape index (κ2) is 44.9. The summed E-state index contributed by atoms with van der Waals surface area (Å²) in [5.41, 5.74) is 12.7. The predicted molar refractivity (Wildman–Crippen MR) is 417 cm³/mol. The van der Waals surface area contributed by atoms with Crippen molar-refractivity contribution >= 4 is 116 Å². The monoisotopic (exact) mass is 1630 g/mol. The van der Waals surface area contributed by atoms with Gasteiger partial charge in [-0.2, -0.15) is 0 Å². The zero-order chi connectivity index (χ0) is 84.3. The van der Waals surface area contributed by atoms with Crippen molar-refractivity contribution in [2.45, 2.75) is 230 Å². The Bertz CT molecular complexity index is 4040. The summed E-state index contributed by atoms with van der Waals surface area (Å²) in [6, 6.07) is 3.80. The number of nitrogens with zero attached hydrogens (tertiary/aromatic N) is 2. The fourth-order valence-corrected chi connectivity index (χ4v) is 16.1. The number of Topliss-reactive ketones (excluding diaryl/α,β-unsaturated/α-hetero) is 4. The number of rotatable bonds is 36. The summed E-state index contributed by atoms with van der Waals surface area (Å²) in [5.74, 6) is -16.7. The number of benzene rings is 2. The number of H-pyrrole nitrogens is 1. The Hall–Kier alpha value is -9.87. The molecule has 0 spiro atoms. The summed E-state index contributed by atoms with van der Waals surface area (Å²) >= 11 is 0. The molecule has 15 N–H and O–H groups in total. The van der Waals surface area contributed by atoms with Gasteiger partial charge in [-0.1, -0.05) is 97.9 Å². The smallest absolute Gasteiger partial charge is 0.312 e. The number of esters is 1. The first-order chi connectivity index (χ1) is 54.7. The van der Waals surface area contributed by atoms with Crippen molar-refractivity contribution in [2.75, 3.05) is 51.7 Å². The SMILES string of the molecule is CC[C@H](C)[C@@H]1NC(=O)CNC(=O)[C@@H]2CC(=O)[C@H]([C@@H](C)[C@@H](O)CO)NC(=O)[C@@H]3C[C@@H](O)CN3C(=O)[C@H](CC(N)=O)CC(=O)[C@H](CS(=O)c3[nH]c4cc(OCCCCCCCC(=O)OCc5ccc(CC(=O)[C@H](CCCNC(N)=O)NC(=O)[C@@H](CC(=O)CCCCCN6C(=O)CC(C)C6=O)C(C)C)cc5)ccc4c3C2)NC(=O)CNC1=O. The number of hydrogen-bond donors (Lipinski definition) is 13. The number of fused-ring (bicyclic) bond motifs is 5. The lowest BCUT2D eigenvalue weighted by Gasteiger charge is -2.32. The number of aromatic nitrogens is 1. The molecule has 4 aliphatic heterocycles. The number of urea groups is 1. The molecule has 115 heavy (non-hydrogen) atoms. The van der Waals surface area contributed by atoms with Crippen LogP contribution in [-0.2, 0) is 107 Å². The lowest BCUT2D eigenvalue weighted by atomic mass is 9.85. The number of unbranched alkanes of at least 4 members (excludes halogenated alkanes) is 6. The van der Waals surface area contributed by atoms with Crippen LogP contribution < -0.4 is 53.4 Å². The lowest BCUT2D eigenvalue weighted by molar-refractivity contribution is -0.145. The van der Waals surface area contributed by atoms with Gasteiger partial charge < -0.3 is 83.4 Å². The van der Waals surface area contributed by atoms with Gasteiger partial charge in [-0.15, -0.1) is 0 Å². The maximum atomic E-state index is 15.2. The molecule has 2 fully saturated rings. The van der Waals surface area contributed by atoms with E-state index >= 15 is 4.21 Å². The maximum Gasteiger partial charge on any atom is 0.312 e. The molecule has 7 rings (SSSR count). The highest BCUT2D eigenvalue weighted by molar-refractivity contribution is 7.85. The first kappa shape index (κ1) is 92.3. The summed E-state index contributed by atoms with van der Waals surface area (Å²) in [6.45, 7) is 7.89. The number of primary amides is 2. The minimum absolute atomic E-state index is 0.0251. The molecule has 632 valence electrons. The topological polar surface area (TPSA) is 528 Å². The van der Waals surface area contributed by atoms with E-state index in [9.17, 15) is 92.0 Å². The molecule has 2 aromatic carbocycles. The van der Waals surface area contributed by atoms with Gasteiger partial charge in [-0.05, 0) is 85.6 Å². The molecule has 2 bridgehead atoms. The Morgan fingerprint density at radius 3 is 2.08 bits per heavy atom. The summed E-state index contributed by atoms with van der Waals surface area (Å²) in [4.78, 5) is 222. The quantitative estimate of drug-likeness (QED) is 0.0221. The zero-order valence-corrected chi connectivity index (χ0v) is 67.2. The van der Waals surface area contributed by atoms with Gasteiger partial charge in [0.05, 0.1) is 84.6 Å². The van der Waals surface area contributed by atoms with Crippen molar-refractivity contribution in [1.29, 1.82) is 0 Å². The molecule has 12 amide bonds. The van der Waals surface area contributed by atoms with E-state index in [0.29, 0.717) is 92.1 Å². The van der Waals surface area contributed by atoms with E-state index in [1.165, 1.54) is 11.8 Å². The molecule has 0 saturated carbocycles. The van der Waals surface area contributed by atoms with Crippen LogP contribution in [0.25, 0.3) is 10.9 Å². The number of ether oxygens (including phenoxy) is 2. The number of aliphatic hydroxyl groups is 3. The average Bonchev–Trinajstić information content (AvgIpc) is 1.62. The number of ketones is 4. The number of likely N-dealkylation sites (tertiary alicyclic amines) is 1. The molecule has 14 atom stereocenters. The van der Waals surface area contributed by atoms with E-state index in [2.05, 4.69) is 42.2 Å². The Kier molecular flexibility index (Phi) is 36.0. The third kappa shape index (κ3) is 27.7. The minimum atomic E-state index is -2.38. The Morgan fingerprint density at radius 2 is 1.41 bits per heavy atom. The molecule has 1 aromatic heterocycles. The average molecular weight is 1630 g/mol. The third-order valence-corrected chi connectivity index (χ3v) is 23.2. The third-order valence-electron chi connectivity index (χ3n) is 21.8. The van der Waals surface area contributed by atoms with Crippen molar-refractivity contribution in [2.24, 2.45) is 52.9 Å². The van der Waals surface area contributed by atoms with Crippen LogP contribution in [0, 0.1) is 41.4 Å². The highest BCUT2D eigenvalue weighted by Gasteiger charge is 2.46.